The summed E-state index contributed by atoms with van der Waals surface area (Å²) in [4.78, 5) is 5.28. The second kappa shape index (κ2) is 4.89. The molecule has 98 valence electrons. The van der Waals surface area contributed by atoms with Gasteiger partial charge in [0.1, 0.15) is 5.75 Å². The van der Waals surface area contributed by atoms with E-state index < -0.39 is 0 Å². The number of hydrogen-bond donors (Lipinski definition) is 1. The Morgan fingerprint density at radius 2 is 2.21 bits per heavy atom. The number of anilines is 1. The Morgan fingerprint density at radius 1 is 1.37 bits per heavy atom. The summed E-state index contributed by atoms with van der Waals surface area (Å²) in [5, 5.41) is 8.58. The van der Waals surface area contributed by atoms with Crippen molar-refractivity contribution in [3.63, 3.8) is 0 Å². The summed E-state index contributed by atoms with van der Waals surface area (Å²) in [6.07, 6.45) is 1.92. The van der Waals surface area contributed by atoms with Gasteiger partial charge in [0.25, 0.3) is 0 Å². The molecule has 0 amide bonds. The molecule has 2 aromatic heterocycles. The molecule has 3 aromatic rings. The fourth-order valence-corrected chi connectivity index (χ4v) is 2.72. The Balaban J connectivity index is 1.76. The third kappa shape index (κ3) is 2.39. The van der Waals surface area contributed by atoms with Crippen molar-refractivity contribution < 1.29 is 4.74 Å². The number of aryl methyl sites for hydroxylation is 1. The molecule has 19 heavy (non-hydrogen) atoms. The van der Waals surface area contributed by atoms with Crippen LogP contribution in [0.2, 0.25) is 0 Å². The summed E-state index contributed by atoms with van der Waals surface area (Å²) in [5.74, 6) is 0.882. The van der Waals surface area contributed by atoms with E-state index in [0.717, 1.165) is 27.1 Å². The highest BCUT2D eigenvalue weighted by atomic mass is 32.1. The predicted octanol–water partition coefficient (Wildman–Crippen LogP) is 2.72. The fraction of sp³-hybridized carbons (Fsp3) is 0.231. The van der Waals surface area contributed by atoms with Crippen molar-refractivity contribution in [2.24, 2.45) is 0 Å². The van der Waals surface area contributed by atoms with E-state index in [2.05, 4.69) is 15.4 Å². The van der Waals surface area contributed by atoms with Gasteiger partial charge >= 0.3 is 0 Å². The first-order valence-electron chi connectivity index (χ1n) is 5.95. The van der Waals surface area contributed by atoms with Gasteiger partial charge in [-0.25, -0.2) is 9.50 Å². The quantitative estimate of drug-likeness (QED) is 0.794. The van der Waals surface area contributed by atoms with Crippen LogP contribution in [0.5, 0.6) is 5.75 Å². The lowest BCUT2D eigenvalue weighted by atomic mass is 10.2. The zero-order valence-electron chi connectivity index (χ0n) is 10.8. The number of rotatable bonds is 4. The molecule has 6 heteroatoms. The Labute approximate surface area is 114 Å². The first kappa shape index (κ1) is 12.0. The summed E-state index contributed by atoms with van der Waals surface area (Å²) in [5.41, 5.74) is 2.09. The van der Waals surface area contributed by atoms with Gasteiger partial charge in [-0.2, -0.15) is 0 Å². The van der Waals surface area contributed by atoms with Crippen molar-refractivity contribution in [3.05, 3.63) is 41.7 Å². The Kier molecular flexibility index (Phi) is 3.08. The van der Waals surface area contributed by atoms with Crippen LogP contribution in [0.25, 0.3) is 4.96 Å². The van der Waals surface area contributed by atoms with Gasteiger partial charge in [-0.1, -0.05) is 29.5 Å². The minimum absolute atomic E-state index is 0.680. The monoisotopic (exact) mass is 274 g/mol. The highest BCUT2D eigenvalue weighted by molar-refractivity contribution is 7.20. The second-order valence-electron chi connectivity index (χ2n) is 4.18. The van der Waals surface area contributed by atoms with E-state index >= 15 is 0 Å². The molecule has 0 saturated heterocycles. The summed E-state index contributed by atoms with van der Waals surface area (Å²) >= 11 is 1.54. The SMILES string of the molecule is COc1ccccc1CNc1nn2cc(C)nc2s1. The average Bonchev–Trinajstić information content (AvgIpc) is 2.93. The van der Waals surface area contributed by atoms with Crippen molar-refractivity contribution in [3.8, 4) is 5.75 Å². The molecule has 5 nitrogen and oxygen atoms in total. The number of aromatic nitrogens is 3. The van der Waals surface area contributed by atoms with Gasteiger partial charge in [0, 0.05) is 12.1 Å². The van der Waals surface area contributed by atoms with Gasteiger partial charge in [-0.15, -0.1) is 5.10 Å². The highest BCUT2D eigenvalue weighted by Crippen LogP contribution is 2.22. The van der Waals surface area contributed by atoms with E-state index in [9.17, 15) is 0 Å². The molecule has 3 rings (SSSR count). The number of benzene rings is 1. The van der Waals surface area contributed by atoms with E-state index in [-0.39, 0.29) is 0 Å². The minimum Gasteiger partial charge on any atom is -0.496 e. The average molecular weight is 274 g/mol. The zero-order valence-corrected chi connectivity index (χ0v) is 11.6. The van der Waals surface area contributed by atoms with Gasteiger partial charge < -0.3 is 10.1 Å². The molecular formula is C13H14N4OS. The Morgan fingerprint density at radius 3 is 3.00 bits per heavy atom. The fourth-order valence-electron chi connectivity index (χ4n) is 1.90. The van der Waals surface area contributed by atoms with Crippen molar-refractivity contribution in [1.82, 2.24) is 14.6 Å². The second-order valence-corrected chi connectivity index (χ2v) is 5.14. The molecule has 0 aliphatic heterocycles. The van der Waals surface area contributed by atoms with Crippen LogP contribution in [0.4, 0.5) is 5.13 Å². The third-order valence-corrected chi connectivity index (χ3v) is 3.67. The largest absolute Gasteiger partial charge is 0.496 e. The van der Waals surface area contributed by atoms with Crippen LogP contribution >= 0.6 is 11.3 Å². The first-order chi connectivity index (χ1) is 9.26. The number of fused-ring (bicyclic) bond motifs is 1. The van der Waals surface area contributed by atoms with E-state index in [4.69, 9.17) is 4.74 Å². The molecule has 0 atom stereocenters. The van der Waals surface area contributed by atoms with E-state index in [1.54, 1.807) is 11.6 Å². The number of para-hydroxylation sites is 1. The van der Waals surface area contributed by atoms with E-state index in [0.29, 0.717) is 6.54 Å². The van der Waals surface area contributed by atoms with Crippen molar-refractivity contribution in [2.45, 2.75) is 13.5 Å². The lowest BCUT2D eigenvalue weighted by Crippen LogP contribution is -2.01. The van der Waals surface area contributed by atoms with Crippen molar-refractivity contribution >= 4 is 21.4 Å². The van der Waals surface area contributed by atoms with E-state index in [1.807, 2.05) is 37.4 Å². The smallest absolute Gasteiger partial charge is 0.214 e. The molecule has 0 fully saturated rings. The topological polar surface area (TPSA) is 51.5 Å². The predicted molar refractivity (Wildman–Crippen MR) is 75.9 cm³/mol. The molecule has 1 N–H and O–H groups in total. The van der Waals surface area contributed by atoms with Gasteiger partial charge in [0.2, 0.25) is 10.1 Å². The van der Waals surface area contributed by atoms with E-state index in [1.165, 1.54) is 11.3 Å². The lowest BCUT2D eigenvalue weighted by molar-refractivity contribution is 0.410. The van der Waals surface area contributed by atoms with Gasteiger partial charge in [0.15, 0.2) is 0 Å². The summed E-state index contributed by atoms with van der Waals surface area (Å²) in [6, 6.07) is 7.95. The molecule has 0 spiro atoms. The summed E-state index contributed by atoms with van der Waals surface area (Å²) < 4.78 is 7.12. The van der Waals surface area contributed by atoms with Crippen LogP contribution in [0.15, 0.2) is 30.5 Å². The third-order valence-electron chi connectivity index (χ3n) is 2.79. The number of methoxy groups -OCH3 is 1. The van der Waals surface area contributed by atoms with Crippen LogP contribution in [0, 0.1) is 6.92 Å². The summed E-state index contributed by atoms with van der Waals surface area (Å²) in [7, 11) is 1.68. The Hall–Kier alpha value is -2.08. The van der Waals surface area contributed by atoms with Crippen LogP contribution in [0.3, 0.4) is 0 Å². The highest BCUT2D eigenvalue weighted by Gasteiger charge is 2.07. The van der Waals surface area contributed by atoms with Gasteiger partial charge in [-0.3, -0.25) is 0 Å². The van der Waals surface area contributed by atoms with Gasteiger partial charge in [-0.05, 0) is 13.0 Å². The number of hydrogen-bond acceptors (Lipinski definition) is 5. The zero-order chi connectivity index (χ0) is 13.2. The van der Waals surface area contributed by atoms with Gasteiger partial charge in [0.05, 0.1) is 19.0 Å². The number of nitrogens with zero attached hydrogens (tertiary/aromatic N) is 3. The molecular weight excluding hydrogens is 260 g/mol. The molecule has 1 aromatic carbocycles. The molecule has 0 aliphatic rings. The molecule has 2 heterocycles. The number of nitrogens with one attached hydrogen (secondary N) is 1. The molecule has 0 bridgehead atoms. The minimum atomic E-state index is 0.680. The van der Waals surface area contributed by atoms with Crippen molar-refractivity contribution in [2.75, 3.05) is 12.4 Å². The number of ether oxygens (including phenoxy) is 1. The molecule has 0 unspecified atom stereocenters. The normalized spacial score (nSPS) is 10.8. The van der Waals surface area contributed by atoms with Crippen LogP contribution in [0.1, 0.15) is 11.3 Å². The maximum atomic E-state index is 5.32. The van der Waals surface area contributed by atoms with Crippen LogP contribution in [-0.4, -0.2) is 21.7 Å². The standard InChI is InChI=1S/C13H14N4OS/c1-9-8-17-13(15-9)19-12(16-17)14-7-10-5-3-4-6-11(10)18-2/h3-6,8H,7H2,1-2H3,(H,14,16). The Bertz CT molecular complexity index is 672. The maximum absolute atomic E-state index is 5.32. The van der Waals surface area contributed by atoms with Crippen LogP contribution in [-0.2, 0) is 6.54 Å². The first-order valence-corrected chi connectivity index (χ1v) is 6.76. The van der Waals surface area contributed by atoms with Crippen molar-refractivity contribution in [1.29, 1.82) is 0 Å². The van der Waals surface area contributed by atoms with Crippen LogP contribution < -0.4 is 10.1 Å². The lowest BCUT2D eigenvalue weighted by Gasteiger charge is -2.07. The number of imidazole rings is 1. The maximum Gasteiger partial charge on any atom is 0.214 e. The molecule has 0 saturated carbocycles. The molecule has 0 aliphatic carbocycles. The molecule has 0 radical (unpaired) electrons. The summed E-state index contributed by atoms with van der Waals surface area (Å²) in [6.45, 7) is 2.64.